The summed E-state index contributed by atoms with van der Waals surface area (Å²) in [5.41, 5.74) is 5.26. The van der Waals surface area contributed by atoms with Gasteiger partial charge in [0.05, 0.1) is 6.10 Å². The van der Waals surface area contributed by atoms with Gasteiger partial charge < -0.3 is 21.1 Å². The summed E-state index contributed by atoms with van der Waals surface area (Å²) < 4.78 is 0. The fraction of sp³-hybridized carbons (Fsp3) is 0.909. The lowest BCUT2D eigenvalue weighted by Gasteiger charge is -2.46. The van der Waals surface area contributed by atoms with Crippen molar-refractivity contribution in [1.82, 2.24) is 4.90 Å². The van der Waals surface area contributed by atoms with Crippen LogP contribution in [0.3, 0.4) is 0 Å². The van der Waals surface area contributed by atoms with Crippen LogP contribution in [0.4, 0.5) is 0 Å². The van der Waals surface area contributed by atoms with E-state index in [4.69, 9.17) is 5.73 Å². The summed E-state index contributed by atoms with van der Waals surface area (Å²) >= 11 is 0. The lowest BCUT2D eigenvalue weighted by molar-refractivity contribution is -0.169. The number of hydrogen-bond acceptors (Lipinski definition) is 5. The summed E-state index contributed by atoms with van der Waals surface area (Å²) in [4.78, 5) is 13.0. The number of rotatable bonds is 4. The second kappa shape index (κ2) is 5.77. The van der Waals surface area contributed by atoms with Crippen molar-refractivity contribution in [3.63, 3.8) is 0 Å². The zero-order valence-corrected chi connectivity index (χ0v) is 10.3. The van der Waals surface area contributed by atoms with Gasteiger partial charge in [0.2, 0.25) is 5.91 Å². The van der Waals surface area contributed by atoms with E-state index in [1.807, 2.05) is 6.92 Å². The predicted octanol–water partition coefficient (Wildman–Crippen LogP) is -1.57. The minimum Gasteiger partial charge on any atom is -0.389 e. The Bertz CT molecular complexity index is 274. The minimum absolute atomic E-state index is 0.405. The number of nitrogens with two attached hydrogens (primary N) is 1. The van der Waals surface area contributed by atoms with Gasteiger partial charge in [0.15, 0.2) is 0 Å². The molecule has 5 unspecified atom stereocenters. The molecule has 0 radical (unpaired) electrons. The number of carbonyl (C=O) groups is 1. The molecule has 0 bridgehead atoms. The van der Waals surface area contributed by atoms with E-state index in [0.717, 1.165) is 12.8 Å². The lowest BCUT2D eigenvalue weighted by Crippen LogP contribution is -2.68. The maximum absolute atomic E-state index is 11.4. The van der Waals surface area contributed by atoms with E-state index in [-0.39, 0.29) is 0 Å². The molecule has 0 aromatic rings. The molecule has 0 aromatic carbocycles. The molecule has 6 heteroatoms. The number of aliphatic hydroxyl groups is 3. The monoisotopic (exact) mass is 246 g/mol. The van der Waals surface area contributed by atoms with Crippen molar-refractivity contribution < 1.29 is 20.1 Å². The van der Waals surface area contributed by atoms with Crippen molar-refractivity contribution in [2.45, 2.75) is 57.1 Å². The summed E-state index contributed by atoms with van der Waals surface area (Å²) in [6.45, 7) is 4.28. The molecular formula is C11H22N2O4. The van der Waals surface area contributed by atoms with Crippen LogP contribution < -0.4 is 5.73 Å². The van der Waals surface area contributed by atoms with Gasteiger partial charge in [-0.25, -0.2) is 0 Å². The van der Waals surface area contributed by atoms with Crippen LogP contribution in [-0.4, -0.2) is 63.1 Å². The summed E-state index contributed by atoms with van der Waals surface area (Å²) in [5.74, 6) is -0.675. The van der Waals surface area contributed by atoms with E-state index in [2.05, 4.69) is 0 Å². The highest BCUT2D eigenvalue weighted by molar-refractivity contribution is 5.81. The van der Waals surface area contributed by atoms with Gasteiger partial charge in [-0.2, -0.15) is 0 Å². The zero-order valence-electron chi connectivity index (χ0n) is 10.3. The highest BCUT2D eigenvalue weighted by Crippen LogP contribution is 2.24. The molecule has 5 atom stereocenters. The molecule has 1 heterocycles. The number of unbranched alkanes of at least 4 members (excludes halogenated alkanes) is 1. The number of nitrogens with zero attached hydrogens (tertiary/aromatic N) is 1. The molecule has 1 aliphatic rings. The number of hydrogen-bond donors (Lipinski definition) is 4. The highest BCUT2D eigenvalue weighted by Gasteiger charge is 2.47. The van der Waals surface area contributed by atoms with Crippen LogP contribution in [0, 0.1) is 0 Å². The molecule has 100 valence electrons. The molecule has 1 aliphatic heterocycles. The number of likely N-dealkylation sites (tertiary alicyclic amines) is 1. The van der Waals surface area contributed by atoms with E-state index in [0.29, 0.717) is 6.54 Å². The normalized spacial score (nSPS) is 39.2. The topological polar surface area (TPSA) is 107 Å². The first-order chi connectivity index (χ1) is 7.91. The Hall–Kier alpha value is -0.690. The van der Waals surface area contributed by atoms with Gasteiger partial charge in [0.1, 0.15) is 18.2 Å². The van der Waals surface area contributed by atoms with Crippen LogP contribution in [0.5, 0.6) is 0 Å². The van der Waals surface area contributed by atoms with Gasteiger partial charge in [0, 0.05) is 6.04 Å². The molecule has 0 aliphatic carbocycles. The molecule has 17 heavy (non-hydrogen) atoms. The summed E-state index contributed by atoms with van der Waals surface area (Å²) in [6.07, 6.45) is -1.97. The molecule has 0 aromatic heterocycles. The van der Waals surface area contributed by atoms with Crippen LogP contribution in [-0.2, 0) is 4.79 Å². The van der Waals surface area contributed by atoms with Crippen LogP contribution in [0.15, 0.2) is 0 Å². The van der Waals surface area contributed by atoms with Gasteiger partial charge in [-0.15, -0.1) is 0 Å². The molecule has 0 spiro atoms. The third-order valence-electron chi connectivity index (χ3n) is 3.46. The second-order valence-corrected chi connectivity index (χ2v) is 4.65. The maximum Gasteiger partial charge on any atom is 0.237 e. The first-order valence-corrected chi connectivity index (χ1v) is 6.01. The van der Waals surface area contributed by atoms with Crippen molar-refractivity contribution in [2.75, 3.05) is 6.54 Å². The second-order valence-electron chi connectivity index (χ2n) is 4.65. The maximum atomic E-state index is 11.4. The first-order valence-electron chi connectivity index (χ1n) is 6.01. The molecule has 5 N–H and O–H groups in total. The van der Waals surface area contributed by atoms with E-state index < -0.39 is 36.3 Å². The van der Waals surface area contributed by atoms with Gasteiger partial charge >= 0.3 is 0 Å². The Kier molecular flexibility index (Phi) is 4.88. The molecular weight excluding hydrogens is 224 g/mol. The lowest BCUT2D eigenvalue weighted by atomic mass is 9.88. The molecule has 1 fully saturated rings. The van der Waals surface area contributed by atoms with Crippen molar-refractivity contribution in [1.29, 1.82) is 0 Å². The Labute approximate surface area is 101 Å². The third-order valence-corrected chi connectivity index (χ3v) is 3.46. The smallest absolute Gasteiger partial charge is 0.237 e. The minimum atomic E-state index is -1.34. The van der Waals surface area contributed by atoms with Crippen molar-refractivity contribution >= 4 is 5.91 Å². The average Bonchev–Trinajstić information content (AvgIpc) is 2.28. The standard InChI is InChI=1S/C11H22N2O4/c1-3-4-5-13-6(2)8(14)10(16)9(15)7(13)11(12)17/h6-10,14-16H,3-5H2,1-2H3,(H2,12,17). The number of amides is 1. The van der Waals surface area contributed by atoms with Crippen LogP contribution in [0.2, 0.25) is 0 Å². The largest absolute Gasteiger partial charge is 0.389 e. The predicted molar refractivity (Wildman–Crippen MR) is 62.1 cm³/mol. The van der Waals surface area contributed by atoms with Crippen molar-refractivity contribution in [3.8, 4) is 0 Å². The fourth-order valence-corrected chi connectivity index (χ4v) is 2.33. The number of piperidine rings is 1. The van der Waals surface area contributed by atoms with E-state index in [1.54, 1.807) is 11.8 Å². The summed E-state index contributed by atoms with van der Waals surface area (Å²) in [6, 6.07) is -1.34. The van der Waals surface area contributed by atoms with Crippen molar-refractivity contribution in [3.05, 3.63) is 0 Å². The number of aliphatic hydroxyl groups excluding tert-OH is 3. The van der Waals surface area contributed by atoms with Crippen LogP contribution in [0.25, 0.3) is 0 Å². The van der Waals surface area contributed by atoms with Gasteiger partial charge in [-0.1, -0.05) is 13.3 Å². The zero-order chi connectivity index (χ0) is 13.2. The first kappa shape index (κ1) is 14.4. The van der Waals surface area contributed by atoms with Gasteiger partial charge in [-0.05, 0) is 19.9 Å². The van der Waals surface area contributed by atoms with Gasteiger partial charge in [-0.3, -0.25) is 9.69 Å². The molecule has 1 rings (SSSR count). The van der Waals surface area contributed by atoms with Crippen LogP contribution >= 0.6 is 0 Å². The highest BCUT2D eigenvalue weighted by atomic mass is 16.4. The van der Waals surface area contributed by atoms with E-state index >= 15 is 0 Å². The molecule has 6 nitrogen and oxygen atoms in total. The Morgan fingerprint density at radius 2 is 1.82 bits per heavy atom. The Morgan fingerprint density at radius 3 is 2.29 bits per heavy atom. The fourth-order valence-electron chi connectivity index (χ4n) is 2.33. The molecule has 0 saturated carbocycles. The van der Waals surface area contributed by atoms with Gasteiger partial charge in [0.25, 0.3) is 0 Å². The molecule has 1 amide bonds. The number of carbonyl (C=O) groups excluding carboxylic acids is 1. The van der Waals surface area contributed by atoms with E-state index in [9.17, 15) is 20.1 Å². The third kappa shape index (κ3) is 2.77. The Balaban J connectivity index is 2.90. The average molecular weight is 246 g/mol. The van der Waals surface area contributed by atoms with E-state index in [1.165, 1.54) is 0 Å². The van der Waals surface area contributed by atoms with Crippen LogP contribution in [0.1, 0.15) is 26.7 Å². The summed E-state index contributed by atoms with van der Waals surface area (Å²) in [5, 5.41) is 29.2. The molecule has 1 saturated heterocycles. The number of primary amides is 1. The summed E-state index contributed by atoms with van der Waals surface area (Å²) in [7, 11) is 0. The quantitative estimate of drug-likeness (QED) is 0.479. The SMILES string of the molecule is CCCCN1C(C)C(O)C(O)C(O)C1C(N)=O. The Morgan fingerprint density at radius 1 is 1.24 bits per heavy atom. The van der Waals surface area contributed by atoms with Crippen molar-refractivity contribution in [2.24, 2.45) is 5.73 Å².